The van der Waals surface area contributed by atoms with Gasteiger partial charge in [-0.25, -0.2) is 4.79 Å². The van der Waals surface area contributed by atoms with Crippen LogP contribution in [0.4, 0.5) is 0 Å². The average Bonchev–Trinajstić information content (AvgIpc) is 2.39. The third-order valence-electron chi connectivity index (χ3n) is 3.38. The summed E-state index contributed by atoms with van der Waals surface area (Å²) in [7, 11) is 0. The van der Waals surface area contributed by atoms with Crippen molar-refractivity contribution in [2.75, 3.05) is 0 Å². The number of aromatic hydroxyl groups is 1. The van der Waals surface area contributed by atoms with E-state index in [1.807, 2.05) is 0 Å². The van der Waals surface area contributed by atoms with E-state index in [0.717, 1.165) is 24.8 Å². The lowest BCUT2D eigenvalue weighted by Gasteiger charge is -2.06. The summed E-state index contributed by atoms with van der Waals surface area (Å²) in [6.07, 6.45) is 9.26. The van der Waals surface area contributed by atoms with E-state index >= 15 is 0 Å². The molecule has 19 heavy (non-hydrogen) atoms. The van der Waals surface area contributed by atoms with Crippen molar-refractivity contribution in [1.29, 1.82) is 0 Å². The highest BCUT2D eigenvalue weighted by Crippen LogP contribution is 2.21. The second-order valence-electron chi connectivity index (χ2n) is 5.02. The maximum absolute atomic E-state index is 10.9. The predicted molar refractivity (Wildman–Crippen MR) is 76.8 cm³/mol. The van der Waals surface area contributed by atoms with Gasteiger partial charge in [-0.1, -0.05) is 45.4 Å². The van der Waals surface area contributed by atoms with Crippen LogP contribution in [0.3, 0.4) is 0 Å². The van der Waals surface area contributed by atoms with Crippen molar-refractivity contribution in [3.05, 3.63) is 29.3 Å². The van der Waals surface area contributed by atoms with E-state index in [9.17, 15) is 9.90 Å². The van der Waals surface area contributed by atoms with Gasteiger partial charge in [-0.3, -0.25) is 0 Å². The highest BCUT2D eigenvalue weighted by Gasteiger charge is 2.07. The van der Waals surface area contributed by atoms with Gasteiger partial charge in [-0.2, -0.15) is 0 Å². The van der Waals surface area contributed by atoms with Crippen molar-refractivity contribution < 1.29 is 15.0 Å². The first-order valence-electron chi connectivity index (χ1n) is 7.20. The van der Waals surface area contributed by atoms with Crippen molar-refractivity contribution in [2.45, 2.75) is 58.3 Å². The number of hydrogen-bond acceptors (Lipinski definition) is 2. The Morgan fingerprint density at radius 3 is 2.32 bits per heavy atom. The molecule has 0 atom stereocenters. The smallest absolute Gasteiger partial charge is 0.335 e. The number of carboxylic acid groups (broad SMARTS) is 1. The number of unbranched alkanes of at least 4 members (excludes halogenated alkanes) is 6. The number of phenols is 1. The molecule has 0 radical (unpaired) electrons. The van der Waals surface area contributed by atoms with Crippen LogP contribution in [0.25, 0.3) is 0 Å². The first kappa shape index (κ1) is 15.5. The number of hydrogen-bond donors (Lipinski definition) is 2. The third kappa shape index (κ3) is 5.77. The summed E-state index contributed by atoms with van der Waals surface area (Å²) in [5, 5.41) is 18.6. The number of carboxylic acids is 1. The number of aromatic carboxylic acids is 1. The first-order valence-corrected chi connectivity index (χ1v) is 7.20. The fourth-order valence-electron chi connectivity index (χ4n) is 2.19. The van der Waals surface area contributed by atoms with Gasteiger partial charge in [0.1, 0.15) is 5.75 Å². The van der Waals surface area contributed by atoms with Crippen molar-refractivity contribution in [1.82, 2.24) is 0 Å². The van der Waals surface area contributed by atoms with Gasteiger partial charge in [0.25, 0.3) is 0 Å². The van der Waals surface area contributed by atoms with Gasteiger partial charge < -0.3 is 10.2 Å². The minimum Gasteiger partial charge on any atom is -0.508 e. The number of benzene rings is 1. The fourth-order valence-corrected chi connectivity index (χ4v) is 2.19. The lowest BCUT2D eigenvalue weighted by molar-refractivity contribution is 0.0696. The molecule has 3 heteroatoms. The molecule has 0 unspecified atom stereocenters. The molecule has 2 N–H and O–H groups in total. The summed E-state index contributed by atoms with van der Waals surface area (Å²) in [6, 6.07) is 4.49. The summed E-state index contributed by atoms with van der Waals surface area (Å²) >= 11 is 0. The monoisotopic (exact) mass is 264 g/mol. The molecule has 3 nitrogen and oxygen atoms in total. The van der Waals surface area contributed by atoms with Crippen molar-refractivity contribution in [3.63, 3.8) is 0 Å². The van der Waals surface area contributed by atoms with Gasteiger partial charge in [-0.15, -0.1) is 0 Å². The molecule has 0 aliphatic rings. The largest absolute Gasteiger partial charge is 0.508 e. The van der Waals surface area contributed by atoms with Crippen LogP contribution in [0.1, 0.15) is 67.8 Å². The topological polar surface area (TPSA) is 57.5 Å². The van der Waals surface area contributed by atoms with E-state index < -0.39 is 5.97 Å². The Hall–Kier alpha value is -1.51. The summed E-state index contributed by atoms with van der Waals surface area (Å²) < 4.78 is 0. The maximum atomic E-state index is 10.9. The molecule has 106 valence electrons. The zero-order valence-electron chi connectivity index (χ0n) is 11.7. The van der Waals surface area contributed by atoms with Crippen LogP contribution in [0.5, 0.6) is 5.75 Å². The van der Waals surface area contributed by atoms with Crippen LogP contribution >= 0.6 is 0 Å². The number of phenolic OH excluding ortho intramolecular Hbond substituents is 1. The van der Waals surface area contributed by atoms with E-state index in [-0.39, 0.29) is 11.3 Å². The van der Waals surface area contributed by atoms with Crippen molar-refractivity contribution in [3.8, 4) is 5.75 Å². The van der Waals surface area contributed by atoms with Crippen LogP contribution in [0.15, 0.2) is 18.2 Å². The van der Waals surface area contributed by atoms with E-state index in [1.165, 1.54) is 44.2 Å². The molecule has 0 spiro atoms. The third-order valence-corrected chi connectivity index (χ3v) is 3.38. The normalized spacial score (nSPS) is 10.6. The summed E-state index contributed by atoms with van der Waals surface area (Å²) in [5.74, 6) is -0.739. The Kier molecular flexibility index (Phi) is 7.01. The molecule has 0 bridgehead atoms. The quantitative estimate of drug-likeness (QED) is 0.650. The SMILES string of the molecule is CCCCCCCCCc1cc(C(=O)O)ccc1O. The van der Waals surface area contributed by atoms with E-state index in [2.05, 4.69) is 6.92 Å². The molecule has 0 amide bonds. The zero-order valence-corrected chi connectivity index (χ0v) is 11.7. The molecule has 0 aliphatic heterocycles. The molecular formula is C16H24O3. The van der Waals surface area contributed by atoms with Crippen LogP contribution in [-0.2, 0) is 6.42 Å². The molecule has 0 aromatic heterocycles. The number of rotatable bonds is 9. The van der Waals surface area contributed by atoms with Gasteiger partial charge in [0, 0.05) is 0 Å². The molecule has 0 saturated heterocycles. The Morgan fingerprint density at radius 1 is 1.05 bits per heavy atom. The fraction of sp³-hybridized carbons (Fsp3) is 0.562. The van der Waals surface area contributed by atoms with E-state index in [4.69, 9.17) is 5.11 Å². The van der Waals surface area contributed by atoms with Gasteiger partial charge in [0.15, 0.2) is 0 Å². The Morgan fingerprint density at radius 2 is 1.68 bits per heavy atom. The molecule has 0 aliphatic carbocycles. The summed E-state index contributed by atoms with van der Waals surface area (Å²) in [5.41, 5.74) is 0.990. The van der Waals surface area contributed by atoms with Crippen molar-refractivity contribution in [2.24, 2.45) is 0 Å². The molecule has 0 heterocycles. The van der Waals surface area contributed by atoms with E-state index in [0.29, 0.717) is 0 Å². The molecule has 1 aromatic rings. The number of aryl methyl sites for hydroxylation is 1. The second-order valence-corrected chi connectivity index (χ2v) is 5.02. The molecule has 0 saturated carbocycles. The van der Waals surface area contributed by atoms with Crippen LogP contribution < -0.4 is 0 Å². The molecule has 1 rings (SSSR count). The van der Waals surface area contributed by atoms with Gasteiger partial charge in [0.2, 0.25) is 0 Å². The number of carbonyl (C=O) groups is 1. The molecule has 0 fully saturated rings. The van der Waals surface area contributed by atoms with Gasteiger partial charge in [-0.05, 0) is 36.6 Å². The minimum absolute atomic E-state index is 0.205. The highest BCUT2D eigenvalue weighted by molar-refractivity contribution is 5.88. The average molecular weight is 264 g/mol. The zero-order chi connectivity index (χ0) is 14.1. The van der Waals surface area contributed by atoms with Gasteiger partial charge >= 0.3 is 5.97 Å². The molecule has 1 aromatic carbocycles. The Balaban J connectivity index is 2.32. The Labute approximate surface area is 115 Å². The van der Waals surface area contributed by atoms with Crippen LogP contribution in [0.2, 0.25) is 0 Å². The maximum Gasteiger partial charge on any atom is 0.335 e. The lowest BCUT2D eigenvalue weighted by Crippen LogP contribution is -1.98. The summed E-state index contributed by atoms with van der Waals surface area (Å²) in [6.45, 7) is 2.21. The van der Waals surface area contributed by atoms with Crippen LogP contribution in [0, 0.1) is 0 Å². The Bertz CT molecular complexity index is 399. The predicted octanol–water partition coefficient (Wildman–Crippen LogP) is 4.38. The van der Waals surface area contributed by atoms with E-state index in [1.54, 1.807) is 6.07 Å². The van der Waals surface area contributed by atoms with Gasteiger partial charge in [0.05, 0.1) is 5.56 Å². The first-order chi connectivity index (χ1) is 9.15. The minimum atomic E-state index is -0.944. The second kappa shape index (κ2) is 8.57. The molecular weight excluding hydrogens is 240 g/mol. The highest BCUT2D eigenvalue weighted by atomic mass is 16.4. The standard InChI is InChI=1S/C16H24O3/c1-2-3-4-5-6-7-8-9-13-12-14(16(18)19)10-11-15(13)17/h10-12,17H,2-9H2,1H3,(H,18,19). The van der Waals surface area contributed by atoms with Crippen molar-refractivity contribution >= 4 is 5.97 Å². The summed E-state index contributed by atoms with van der Waals surface area (Å²) in [4.78, 5) is 10.9. The lowest BCUT2D eigenvalue weighted by atomic mass is 10.0. The van der Waals surface area contributed by atoms with Crippen LogP contribution in [-0.4, -0.2) is 16.2 Å².